The van der Waals surface area contributed by atoms with Crippen LogP contribution in [-0.2, 0) is 17.6 Å². The second-order valence-electron chi connectivity index (χ2n) is 6.78. The molecule has 0 saturated heterocycles. The van der Waals surface area contributed by atoms with Gasteiger partial charge in [0.05, 0.1) is 6.26 Å². The van der Waals surface area contributed by atoms with Gasteiger partial charge in [0.15, 0.2) is 5.76 Å². The largest absolute Gasteiger partial charge is 0.459 e. The Labute approximate surface area is 167 Å². The molecule has 2 heterocycles. The predicted molar refractivity (Wildman–Crippen MR) is 107 cm³/mol. The smallest absolute Gasteiger partial charge is 0.287 e. The maximum Gasteiger partial charge on any atom is 0.287 e. The quantitative estimate of drug-likeness (QED) is 0.607. The van der Waals surface area contributed by atoms with Crippen molar-refractivity contribution in [2.24, 2.45) is 5.92 Å². The lowest BCUT2D eigenvalue weighted by molar-refractivity contribution is -0.118. The predicted octanol–water partition coefficient (Wildman–Crippen LogP) is 3.31. The second kappa shape index (κ2) is 9.27. The molecule has 2 amide bonds. The standard InChI is InChI=1S/C20H22N4O3S/c1-13(2)11-17-23-24-20(28-17)22-18(25)15(12-14-7-4-3-5-8-14)21-19(26)16-9-6-10-27-16/h3-10,13,15H,11-12H2,1-2H3,(H,21,26)(H,22,24,25). The van der Waals surface area contributed by atoms with Gasteiger partial charge in [-0.25, -0.2) is 0 Å². The third-order valence-corrected chi connectivity index (χ3v) is 4.79. The summed E-state index contributed by atoms with van der Waals surface area (Å²) >= 11 is 1.34. The van der Waals surface area contributed by atoms with E-state index in [1.54, 1.807) is 12.1 Å². The number of hydrogen-bond donors (Lipinski definition) is 2. The minimum atomic E-state index is -0.780. The Hall–Kier alpha value is -3.00. The van der Waals surface area contributed by atoms with Crippen LogP contribution >= 0.6 is 11.3 Å². The molecule has 0 aliphatic rings. The Balaban J connectivity index is 1.72. The van der Waals surface area contributed by atoms with Crippen molar-refractivity contribution < 1.29 is 14.0 Å². The Morgan fingerprint density at radius 2 is 1.86 bits per heavy atom. The Morgan fingerprint density at radius 1 is 1.07 bits per heavy atom. The fourth-order valence-electron chi connectivity index (χ4n) is 2.62. The molecule has 0 spiro atoms. The van der Waals surface area contributed by atoms with Gasteiger partial charge in [-0.05, 0) is 23.6 Å². The zero-order valence-corrected chi connectivity index (χ0v) is 16.5. The number of nitrogens with one attached hydrogen (secondary N) is 2. The van der Waals surface area contributed by atoms with Gasteiger partial charge < -0.3 is 9.73 Å². The summed E-state index contributed by atoms with van der Waals surface area (Å²) in [6.45, 7) is 4.19. The highest BCUT2D eigenvalue weighted by Crippen LogP contribution is 2.19. The van der Waals surface area contributed by atoms with Gasteiger partial charge in [-0.1, -0.05) is 55.5 Å². The monoisotopic (exact) mass is 398 g/mol. The highest BCUT2D eigenvalue weighted by atomic mass is 32.1. The lowest BCUT2D eigenvalue weighted by Crippen LogP contribution is -2.45. The molecule has 0 fully saturated rings. The van der Waals surface area contributed by atoms with Crippen molar-refractivity contribution in [3.8, 4) is 0 Å². The van der Waals surface area contributed by atoms with E-state index in [0.29, 0.717) is 17.5 Å². The Kier molecular flexibility index (Phi) is 6.54. The lowest BCUT2D eigenvalue weighted by Gasteiger charge is -2.17. The third-order valence-electron chi connectivity index (χ3n) is 3.93. The minimum Gasteiger partial charge on any atom is -0.459 e. The van der Waals surface area contributed by atoms with Gasteiger partial charge in [-0.3, -0.25) is 14.9 Å². The Bertz CT molecular complexity index is 907. The molecule has 7 nitrogen and oxygen atoms in total. The summed E-state index contributed by atoms with van der Waals surface area (Å²) in [6, 6.07) is 11.9. The summed E-state index contributed by atoms with van der Waals surface area (Å²) in [5.41, 5.74) is 0.931. The number of amides is 2. The van der Waals surface area contributed by atoms with Crippen molar-refractivity contribution in [2.45, 2.75) is 32.7 Å². The van der Waals surface area contributed by atoms with Gasteiger partial charge in [-0.15, -0.1) is 10.2 Å². The van der Waals surface area contributed by atoms with Gasteiger partial charge in [0.25, 0.3) is 5.91 Å². The van der Waals surface area contributed by atoms with Crippen LogP contribution in [0, 0.1) is 5.92 Å². The summed E-state index contributed by atoms with van der Waals surface area (Å²) in [6.07, 6.45) is 2.56. The van der Waals surface area contributed by atoms with E-state index in [1.807, 2.05) is 30.3 Å². The van der Waals surface area contributed by atoms with Crippen molar-refractivity contribution in [1.29, 1.82) is 0 Å². The fourth-order valence-corrected chi connectivity index (χ4v) is 3.58. The second-order valence-corrected chi connectivity index (χ2v) is 7.84. The molecule has 2 aromatic heterocycles. The highest BCUT2D eigenvalue weighted by Gasteiger charge is 2.24. The third kappa shape index (κ3) is 5.50. The minimum absolute atomic E-state index is 0.154. The number of carbonyl (C=O) groups is 2. The first-order chi connectivity index (χ1) is 13.5. The van der Waals surface area contributed by atoms with Crippen molar-refractivity contribution in [1.82, 2.24) is 15.5 Å². The lowest BCUT2D eigenvalue weighted by atomic mass is 10.1. The summed E-state index contributed by atoms with van der Waals surface area (Å²) < 4.78 is 5.12. The van der Waals surface area contributed by atoms with Crippen LogP contribution in [0.15, 0.2) is 53.1 Å². The molecule has 146 valence electrons. The number of benzene rings is 1. The molecule has 1 unspecified atom stereocenters. The van der Waals surface area contributed by atoms with Crippen LogP contribution in [0.25, 0.3) is 0 Å². The molecular formula is C20H22N4O3S. The first-order valence-corrected chi connectivity index (χ1v) is 9.84. The number of rotatable bonds is 8. The fraction of sp³-hybridized carbons (Fsp3) is 0.300. The van der Waals surface area contributed by atoms with Crippen LogP contribution in [0.3, 0.4) is 0 Å². The molecule has 1 aromatic carbocycles. The first-order valence-electron chi connectivity index (χ1n) is 9.03. The van der Waals surface area contributed by atoms with Crippen molar-refractivity contribution in [2.75, 3.05) is 5.32 Å². The van der Waals surface area contributed by atoms with Gasteiger partial charge >= 0.3 is 0 Å². The zero-order chi connectivity index (χ0) is 19.9. The zero-order valence-electron chi connectivity index (χ0n) is 15.7. The van der Waals surface area contributed by atoms with Crippen LogP contribution in [0.4, 0.5) is 5.13 Å². The van der Waals surface area contributed by atoms with E-state index in [2.05, 4.69) is 34.7 Å². The normalized spacial score (nSPS) is 12.0. The SMILES string of the molecule is CC(C)Cc1nnc(NC(=O)C(Cc2ccccc2)NC(=O)c2ccco2)s1. The van der Waals surface area contributed by atoms with E-state index >= 15 is 0 Å². The highest BCUT2D eigenvalue weighted by molar-refractivity contribution is 7.15. The maximum absolute atomic E-state index is 12.8. The molecular weight excluding hydrogens is 376 g/mol. The molecule has 0 bridgehead atoms. The van der Waals surface area contributed by atoms with Gasteiger partial charge in [0, 0.05) is 12.8 Å². The molecule has 0 aliphatic carbocycles. The molecule has 0 saturated carbocycles. The number of hydrogen-bond acceptors (Lipinski definition) is 6. The van der Waals surface area contributed by atoms with Crippen LogP contribution < -0.4 is 10.6 Å². The number of furan rings is 1. The summed E-state index contributed by atoms with van der Waals surface area (Å²) in [5.74, 6) is -0.189. The van der Waals surface area contributed by atoms with E-state index in [1.165, 1.54) is 17.6 Å². The van der Waals surface area contributed by atoms with E-state index < -0.39 is 11.9 Å². The van der Waals surface area contributed by atoms with Gasteiger partial charge in [0.1, 0.15) is 11.0 Å². The average molecular weight is 398 g/mol. The molecule has 8 heteroatoms. The summed E-state index contributed by atoms with van der Waals surface area (Å²) in [5, 5.41) is 14.9. The number of aromatic nitrogens is 2. The van der Waals surface area contributed by atoms with Gasteiger partial charge in [0.2, 0.25) is 11.0 Å². The molecule has 3 rings (SSSR count). The van der Waals surface area contributed by atoms with E-state index in [4.69, 9.17) is 4.42 Å². The van der Waals surface area contributed by atoms with E-state index in [-0.39, 0.29) is 11.7 Å². The number of nitrogens with zero attached hydrogens (tertiary/aromatic N) is 2. The molecule has 28 heavy (non-hydrogen) atoms. The van der Waals surface area contributed by atoms with Crippen molar-refractivity contribution >= 4 is 28.3 Å². The van der Waals surface area contributed by atoms with E-state index in [0.717, 1.165) is 17.0 Å². The van der Waals surface area contributed by atoms with Crippen LogP contribution in [0.1, 0.15) is 35.0 Å². The van der Waals surface area contributed by atoms with Crippen molar-refractivity contribution in [3.05, 3.63) is 65.1 Å². The summed E-state index contributed by atoms with van der Waals surface area (Å²) in [7, 11) is 0. The van der Waals surface area contributed by atoms with Crippen molar-refractivity contribution in [3.63, 3.8) is 0 Å². The molecule has 3 aromatic rings. The topological polar surface area (TPSA) is 97.1 Å². The Morgan fingerprint density at radius 3 is 2.54 bits per heavy atom. The summed E-state index contributed by atoms with van der Waals surface area (Å²) in [4.78, 5) is 25.2. The number of anilines is 1. The molecule has 1 atom stereocenters. The van der Waals surface area contributed by atoms with Crippen LogP contribution in [-0.4, -0.2) is 28.1 Å². The van der Waals surface area contributed by atoms with Crippen LogP contribution in [0.5, 0.6) is 0 Å². The molecule has 2 N–H and O–H groups in total. The van der Waals surface area contributed by atoms with Crippen LogP contribution in [0.2, 0.25) is 0 Å². The van der Waals surface area contributed by atoms with Gasteiger partial charge in [-0.2, -0.15) is 0 Å². The number of carbonyl (C=O) groups excluding carboxylic acids is 2. The molecule has 0 radical (unpaired) electrons. The van der Waals surface area contributed by atoms with E-state index in [9.17, 15) is 9.59 Å². The molecule has 0 aliphatic heterocycles. The average Bonchev–Trinajstić information content (AvgIpc) is 3.34. The first kappa shape index (κ1) is 19.8. The maximum atomic E-state index is 12.8.